The number of carbonyl (C=O) groups excluding carboxylic acids is 2. The van der Waals surface area contributed by atoms with Gasteiger partial charge in [0.25, 0.3) is 0 Å². The van der Waals surface area contributed by atoms with Crippen molar-refractivity contribution in [3.63, 3.8) is 0 Å². The van der Waals surface area contributed by atoms with Crippen molar-refractivity contribution in [1.82, 2.24) is 10.2 Å². The van der Waals surface area contributed by atoms with Crippen LogP contribution in [-0.4, -0.2) is 42.9 Å². The van der Waals surface area contributed by atoms with Crippen LogP contribution in [0.3, 0.4) is 0 Å². The van der Waals surface area contributed by atoms with Crippen LogP contribution >= 0.6 is 0 Å². The smallest absolute Gasteiger partial charge is 0.243 e. The quantitative estimate of drug-likeness (QED) is 0.872. The van der Waals surface area contributed by atoms with Gasteiger partial charge >= 0.3 is 0 Å². The number of benzene rings is 1. The summed E-state index contributed by atoms with van der Waals surface area (Å²) in [7, 11) is 0. The number of likely N-dealkylation sites (tertiary alicyclic amines) is 1. The minimum absolute atomic E-state index is 0.0139. The maximum Gasteiger partial charge on any atom is 0.243 e. The Hall–Kier alpha value is -1.88. The van der Waals surface area contributed by atoms with Crippen molar-refractivity contribution in [3.8, 4) is 0 Å². The Labute approximate surface area is 132 Å². The van der Waals surface area contributed by atoms with Gasteiger partial charge in [0.15, 0.2) is 0 Å². The lowest BCUT2D eigenvalue weighted by molar-refractivity contribution is -0.125. The molecule has 1 heterocycles. The van der Waals surface area contributed by atoms with Crippen LogP contribution in [0.1, 0.15) is 30.4 Å². The molecule has 0 saturated carbocycles. The van der Waals surface area contributed by atoms with E-state index in [9.17, 15) is 9.59 Å². The molecule has 0 unspecified atom stereocenters. The van der Waals surface area contributed by atoms with Crippen molar-refractivity contribution in [1.29, 1.82) is 0 Å². The predicted molar refractivity (Wildman–Crippen MR) is 87.8 cm³/mol. The number of piperidine rings is 1. The monoisotopic (exact) mass is 303 g/mol. The third-order valence-corrected chi connectivity index (χ3v) is 4.14. The van der Waals surface area contributed by atoms with E-state index in [0.29, 0.717) is 6.54 Å². The summed E-state index contributed by atoms with van der Waals surface area (Å²) < 4.78 is 0. The summed E-state index contributed by atoms with van der Waals surface area (Å²) in [5.74, 6) is -0.279. The van der Waals surface area contributed by atoms with Crippen molar-refractivity contribution in [2.75, 3.05) is 31.5 Å². The van der Waals surface area contributed by atoms with E-state index in [1.807, 2.05) is 32.0 Å². The van der Waals surface area contributed by atoms with Crippen molar-refractivity contribution in [2.24, 2.45) is 0 Å². The minimum atomic E-state index is -0.194. The van der Waals surface area contributed by atoms with Gasteiger partial charge < -0.3 is 10.6 Å². The van der Waals surface area contributed by atoms with E-state index in [0.717, 1.165) is 42.7 Å². The molecular formula is C17H25N3O2. The number of nitrogens with zero attached hydrogens (tertiary/aromatic N) is 1. The number of aryl methyl sites for hydroxylation is 1. The molecule has 1 aromatic carbocycles. The highest BCUT2D eigenvalue weighted by atomic mass is 16.2. The van der Waals surface area contributed by atoms with E-state index in [4.69, 9.17) is 0 Å². The number of nitrogens with one attached hydrogen (secondary N) is 2. The molecule has 1 saturated heterocycles. The van der Waals surface area contributed by atoms with Crippen LogP contribution in [0.5, 0.6) is 0 Å². The molecule has 1 aromatic rings. The molecule has 5 heteroatoms. The second kappa shape index (κ2) is 7.94. The van der Waals surface area contributed by atoms with Gasteiger partial charge in [-0.3, -0.25) is 14.5 Å². The maximum absolute atomic E-state index is 11.9. The number of anilines is 1. The molecule has 2 rings (SSSR count). The van der Waals surface area contributed by atoms with Crippen LogP contribution in [0.2, 0.25) is 0 Å². The predicted octanol–water partition coefficient (Wildman–Crippen LogP) is 1.84. The SMILES string of the molecule is Cc1cccc(NC(=O)CNC(=O)CN2CCCCC2)c1C. The topological polar surface area (TPSA) is 61.4 Å². The fourth-order valence-corrected chi connectivity index (χ4v) is 2.64. The molecule has 0 spiro atoms. The Morgan fingerprint density at radius 1 is 1.09 bits per heavy atom. The van der Waals surface area contributed by atoms with Gasteiger partial charge in [-0.05, 0) is 57.0 Å². The Morgan fingerprint density at radius 2 is 1.82 bits per heavy atom. The van der Waals surface area contributed by atoms with E-state index >= 15 is 0 Å². The van der Waals surface area contributed by atoms with Crippen LogP contribution in [-0.2, 0) is 9.59 Å². The van der Waals surface area contributed by atoms with Crippen molar-refractivity contribution < 1.29 is 9.59 Å². The summed E-state index contributed by atoms with van der Waals surface area (Å²) >= 11 is 0. The first-order chi connectivity index (χ1) is 10.6. The molecule has 0 aromatic heterocycles. The minimum Gasteiger partial charge on any atom is -0.346 e. The van der Waals surface area contributed by atoms with Crippen LogP contribution in [0.25, 0.3) is 0 Å². The fraction of sp³-hybridized carbons (Fsp3) is 0.529. The normalized spacial score (nSPS) is 15.4. The first-order valence-corrected chi connectivity index (χ1v) is 7.91. The zero-order chi connectivity index (χ0) is 15.9. The van der Waals surface area contributed by atoms with Gasteiger partial charge in [-0.2, -0.15) is 0 Å². The lowest BCUT2D eigenvalue weighted by Crippen LogP contribution is -2.42. The number of rotatable bonds is 5. The first kappa shape index (κ1) is 16.5. The zero-order valence-electron chi connectivity index (χ0n) is 13.4. The summed E-state index contributed by atoms with van der Waals surface area (Å²) in [6.45, 7) is 6.33. The van der Waals surface area contributed by atoms with Crippen LogP contribution in [0.15, 0.2) is 18.2 Å². The van der Waals surface area contributed by atoms with E-state index in [-0.39, 0.29) is 18.4 Å². The van der Waals surface area contributed by atoms with E-state index in [1.54, 1.807) is 0 Å². The standard InChI is InChI=1S/C17H25N3O2/c1-13-7-6-8-15(14(13)2)19-16(21)11-18-17(22)12-20-9-4-3-5-10-20/h6-8H,3-5,9-12H2,1-2H3,(H,18,22)(H,19,21). The molecule has 1 aliphatic rings. The Balaban J connectivity index is 1.75. The lowest BCUT2D eigenvalue weighted by Gasteiger charge is -2.25. The molecule has 0 aliphatic carbocycles. The van der Waals surface area contributed by atoms with E-state index < -0.39 is 0 Å². The molecule has 0 radical (unpaired) electrons. The average molecular weight is 303 g/mol. The molecule has 5 nitrogen and oxygen atoms in total. The number of hydrogen-bond donors (Lipinski definition) is 2. The third kappa shape index (κ3) is 4.84. The summed E-state index contributed by atoms with van der Waals surface area (Å²) in [5.41, 5.74) is 2.98. The summed E-state index contributed by atoms with van der Waals surface area (Å²) in [4.78, 5) is 25.9. The van der Waals surface area contributed by atoms with Crippen molar-refractivity contribution in [2.45, 2.75) is 33.1 Å². The Bertz CT molecular complexity index is 537. The molecular weight excluding hydrogens is 278 g/mol. The molecule has 120 valence electrons. The highest BCUT2D eigenvalue weighted by Crippen LogP contribution is 2.17. The molecule has 0 atom stereocenters. The van der Waals surface area contributed by atoms with Gasteiger partial charge in [0.2, 0.25) is 11.8 Å². The third-order valence-electron chi connectivity index (χ3n) is 4.14. The van der Waals surface area contributed by atoms with Gasteiger partial charge in [-0.25, -0.2) is 0 Å². The lowest BCUT2D eigenvalue weighted by atomic mass is 10.1. The highest BCUT2D eigenvalue weighted by Gasteiger charge is 2.14. The fourth-order valence-electron chi connectivity index (χ4n) is 2.64. The van der Waals surface area contributed by atoms with Gasteiger partial charge in [-0.1, -0.05) is 18.6 Å². The second-order valence-electron chi connectivity index (χ2n) is 5.91. The van der Waals surface area contributed by atoms with E-state index in [1.165, 1.54) is 6.42 Å². The molecule has 0 bridgehead atoms. The van der Waals surface area contributed by atoms with Crippen molar-refractivity contribution in [3.05, 3.63) is 29.3 Å². The van der Waals surface area contributed by atoms with Crippen LogP contribution in [0, 0.1) is 13.8 Å². The van der Waals surface area contributed by atoms with Gasteiger partial charge in [-0.15, -0.1) is 0 Å². The highest BCUT2D eigenvalue weighted by molar-refractivity contribution is 5.95. The number of amides is 2. The summed E-state index contributed by atoms with van der Waals surface area (Å²) in [6, 6.07) is 5.79. The molecule has 22 heavy (non-hydrogen) atoms. The average Bonchev–Trinajstić information content (AvgIpc) is 2.51. The van der Waals surface area contributed by atoms with Crippen LogP contribution < -0.4 is 10.6 Å². The van der Waals surface area contributed by atoms with Crippen LogP contribution in [0.4, 0.5) is 5.69 Å². The number of hydrogen-bond acceptors (Lipinski definition) is 3. The van der Waals surface area contributed by atoms with Gasteiger partial charge in [0.05, 0.1) is 13.1 Å². The number of carbonyl (C=O) groups is 2. The molecule has 2 amide bonds. The van der Waals surface area contributed by atoms with Gasteiger partial charge in [0, 0.05) is 5.69 Å². The van der Waals surface area contributed by atoms with Crippen molar-refractivity contribution >= 4 is 17.5 Å². The molecule has 2 N–H and O–H groups in total. The Kier molecular flexibility index (Phi) is 5.95. The second-order valence-corrected chi connectivity index (χ2v) is 5.91. The van der Waals surface area contributed by atoms with Gasteiger partial charge in [0.1, 0.15) is 0 Å². The molecule has 1 fully saturated rings. The zero-order valence-corrected chi connectivity index (χ0v) is 13.4. The molecule has 1 aliphatic heterocycles. The van der Waals surface area contributed by atoms with E-state index in [2.05, 4.69) is 15.5 Å². The summed E-state index contributed by atoms with van der Waals surface area (Å²) in [6.07, 6.45) is 3.55. The Morgan fingerprint density at radius 3 is 2.55 bits per heavy atom. The maximum atomic E-state index is 11.9. The largest absolute Gasteiger partial charge is 0.346 e. The first-order valence-electron chi connectivity index (χ1n) is 7.91. The summed E-state index contributed by atoms with van der Waals surface area (Å²) in [5, 5.41) is 5.53.